The molecule has 6 rings (SSSR count). The van der Waals surface area contributed by atoms with Gasteiger partial charge in [-0.3, -0.25) is 4.90 Å². The highest BCUT2D eigenvalue weighted by Gasteiger charge is 2.40. The standard InChI is InChI=1S/C21H23N/c1-22-18-9-6-14(7-10-18)21(22)16-8-11-20-17(13-16)12-15-4-2-3-5-19(15)20/h2-5,8,11,13-14,18,21H,6-7,9-10,12H2,1H3. The van der Waals surface area contributed by atoms with Crippen LogP contribution in [0.5, 0.6) is 0 Å². The van der Waals surface area contributed by atoms with Crippen LogP contribution in [0.3, 0.4) is 0 Å². The highest BCUT2D eigenvalue weighted by atomic mass is 15.2. The molecule has 1 nitrogen and oxygen atoms in total. The summed E-state index contributed by atoms with van der Waals surface area (Å²) in [6.45, 7) is 0. The number of piperidine rings is 2. The average Bonchev–Trinajstić information content (AvgIpc) is 2.93. The molecule has 1 saturated carbocycles. The van der Waals surface area contributed by atoms with Gasteiger partial charge in [-0.1, -0.05) is 42.5 Å². The van der Waals surface area contributed by atoms with Gasteiger partial charge in [0.2, 0.25) is 0 Å². The molecular weight excluding hydrogens is 266 g/mol. The Morgan fingerprint density at radius 3 is 2.45 bits per heavy atom. The largest absolute Gasteiger partial charge is 0.296 e. The summed E-state index contributed by atoms with van der Waals surface area (Å²) in [7, 11) is 2.35. The van der Waals surface area contributed by atoms with Gasteiger partial charge >= 0.3 is 0 Å². The molecule has 1 atom stereocenters. The van der Waals surface area contributed by atoms with E-state index in [-0.39, 0.29) is 0 Å². The molecule has 2 bridgehead atoms. The van der Waals surface area contributed by atoms with Gasteiger partial charge in [0, 0.05) is 12.1 Å². The zero-order valence-corrected chi connectivity index (χ0v) is 13.3. The number of nitrogens with zero attached hydrogens (tertiary/aromatic N) is 1. The van der Waals surface area contributed by atoms with E-state index in [1.165, 1.54) is 47.9 Å². The summed E-state index contributed by atoms with van der Waals surface area (Å²) < 4.78 is 0. The Balaban J connectivity index is 1.55. The van der Waals surface area contributed by atoms with Gasteiger partial charge in [-0.15, -0.1) is 0 Å². The van der Waals surface area contributed by atoms with Crippen molar-refractivity contribution in [2.24, 2.45) is 5.92 Å². The molecule has 2 aromatic carbocycles. The van der Waals surface area contributed by atoms with Gasteiger partial charge in [0.1, 0.15) is 0 Å². The van der Waals surface area contributed by atoms with Crippen LogP contribution in [0.15, 0.2) is 42.5 Å². The molecular formula is C21H23N. The van der Waals surface area contributed by atoms with Crippen molar-refractivity contribution in [1.82, 2.24) is 4.90 Å². The fourth-order valence-corrected chi connectivity index (χ4v) is 5.24. The van der Waals surface area contributed by atoms with Crippen LogP contribution in [0.25, 0.3) is 11.1 Å². The molecule has 0 amide bonds. The number of fused-ring (bicyclic) bond motifs is 6. The Morgan fingerprint density at radius 1 is 0.864 bits per heavy atom. The maximum Gasteiger partial charge on any atom is 0.0376 e. The molecule has 112 valence electrons. The van der Waals surface area contributed by atoms with Crippen molar-refractivity contribution in [2.45, 2.75) is 44.2 Å². The van der Waals surface area contributed by atoms with E-state index in [1.54, 1.807) is 5.56 Å². The van der Waals surface area contributed by atoms with E-state index in [2.05, 4.69) is 54.4 Å². The lowest BCUT2D eigenvalue weighted by Gasteiger charge is -2.50. The van der Waals surface area contributed by atoms with E-state index in [1.807, 2.05) is 0 Å². The third kappa shape index (κ3) is 1.75. The second kappa shape index (κ2) is 4.70. The van der Waals surface area contributed by atoms with E-state index < -0.39 is 0 Å². The third-order valence-corrected chi connectivity index (χ3v) is 6.36. The first-order valence-corrected chi connectivity index (χ1v) is 8.74. The van der Waals surface area contributed by atoms with Gasteiger partial charge in [0.15, 0.2) is 0 Å². The summed E-state index contributed by atoms with van der Waals surface area (Å²) in [5.74, 6) is 0.872. The first-order chi connectivity index (χ1) is 10.8. The molecule has 3 fully saturated rings. The molecule has 2 heterocycles. The molecule has 1 unspecified atom stereocenters. The summed E-state index contributed by atoms with van der Waals surface area (Å²) in [6.07, 6.45) is 6.79. The minimum Gasteiger partial charge on any atom is -0.296 e. The fraction of sp³-hybridized carbons (Fsp3) is 0.429. The molecule has 2 aromatic rings. The Morgan fingerprint density at radius 2 is 1.64 bits per heavy atom. The molecule has 2 aliphatic carbocycles. The number of hydrogen-bond acceptors (Lipinski definition) is 1. The Labute approximate surface area is 133 Å². The summed E-state index contributed by atoms with van der Waals surface area (Å²) in [6, 6.07) is 17.7. The number of hydrogen-bond donors (Lipinski definition) is 0. The average molecular weight is 289 g/mol. The molecule has 4 aliphatic rings. The highest BCUT2D eigenvalue weighted by Crippen LogP contribution is 2.47. The zero-order chi connectivity index (χ0) is 14.7. The molecule has 2 aliphatic heterocycles. The van der Waals surface area contributed by atoms with Crippen molar-refractivity contribution in [3.63, 3.8) is 0 Å². The van der Waals surface area contributed by atoms with Crippen molar-refractivity contribution in [3.05, 3.63) is 59.2 Å². The van der Waals surface area contributed by atoms with Crippen LogP contribution >= 0.6 is 0 Å². The summed E-state index contributed by atoms with van der Waals surface area (Å²) in [5, 5.41) is 0. The van der Waals surface area contributed by atoms with Crippen LogP contribution < -0.4 is 0 Å². The number of benzene rings is 2. The predicted octanol–water partition coefficient (Wildman–Crippen LogP) is 4.80. The molecule has 22 heavy (non-hydrogen) atoms. The maximum absolute atomic E-state index is 2.67. The van der Waals surface area contributed by atoms with Crippen LogP contribution in [0, 0.1) is 5.92 Å². The predicted molar refractivity (Wildman–Crippen MR) is 90.9 cm³/mol. The van der Waals surface area contributed by atoms with Gasteiger partial charge in [0.05, 0.1) is 0 Å². The lowest BCUT2D eigenvalue weighted by molar-refractivity contribution is 0.00729. The van der Waals surface area contributed by atoms with E-state index in [0.29, 0.717) is 6.04 Å². The van der Waals surface area contributed by atoms with Crippen molar-refractivity contribution in [3.8, 4) is 11.1 Å². The van der Waals surface area contributed by atoms with Gasteiger partial charge < -0.3 is 0 Å². The molecule has 0 aromatic heterocycles. The lowest BCUT2D eigenvalue weighted by Crippen LogP contribution is -2.47. The normalized spacial score (nSPS) is 29.4. The minimum atomic E-state index is 0.654. The van der Waals surface area contributed by atoms with Crippen LogP contribution in [-0.4, -0.2) is 18.0 Å². The molecule has 2 saturated heterocycles. The first-order valence-electron chi connectivity index (χ1n) is 8.74. The van der Waals surface area contributed by atoms with E-state index in [4.69, 9.17) is 0 Å². The van der Waals surface area contributed by atoms with Gasteiger partial charge in [0.25, 0.3) is 0 Å². The zero-order valence-electron chi connectivity index (χ0n) is 13.3. The first kappa shape index (κ1) is 12.9. The SMILES string of the molecule is CN1C2CCC(CC2)C1c1ccc2c(c1)Cc1ccccc1-2. The molecule has 1 heteroatoms. The lowest BCUT2D eigenvalue weighted by atomic mass is 9.72. The van der Waals surface area contributed by atoms with Gasteiger partial charge in [-0.2, -0.15) is 0 Å². The number of rotatable bonds is 1. The Hall–Kier alpha value is -1.60. The second-order valence-corrected chi connectivity index (χ2v) is 7.43. The van der Waals surface area contributed by atoms with E-state index in [9.17, 15) is 0 Å². The Kier molecular flexibility index (Phi) is 2.75. The Bertz CT molecular complexity index is 722. The van der Waals surface area contributed by atoms with Crippen molar-refractivity contribution >= 4 is 0 Å². The van der Waals surface area contributed by atoms with Crippen molar-refractivity contribution in [2.75, 3.05) is 7.05 Å². The topological polar surface area (TPSA) is 3.24 Å². The van der Waals surface area contributed by atoms with E-state index in [0.717, 1.165) is 18.4 Å². The second-order valence-electron chi connectivity index (χ2n) is 7.43. The smallest absolute Gasteiger partial charge is 0.0376 e. The third-order valence-electron chi connectivity index (χ3n) is 6.36. The maximum atomic E-state index is 2.67. The minimum absolute atomic E-state index is 0.654. The van der Waals surface area contributed by atoms with Gasteiger partial charge in [-0.25, -0.2) is 0 Å². The fourth-order valence-electron chi connectivity index (χ4n) is 5.24. The summed E-state index contributed by atoms with van der Waals surface area (Å²) >= 11 is 0. The van der Waals surface area contributed by atoms with Crippen LogP contribution in [0.2, 0.25) is 0 Å². The molecule has 0 N–H and O–H groups in total. The van der Waals surface area contributed by atoms with Crippen LogP contribution in [0.4, 0.5) is 0 Å². The highest BCUT2D eigenvalue weighted by molar-refractivity contribution is 5.77. The van der Waals surface area contributed by atoms with E-state index >= 15 is 0 Å². The van der Waals surface area contributed by atoms with Crippen LogP contribution in [0.1, 0.15) is 48.4 Å². The van der Waals surface area contributed by atoms with Gasteiger partial charge in [-0.05, 0) is 72.9 Å². The quantitative estimate of drug-likeness (QED) is 0.622. The van der Waals surface area contributed by atoms with Crippen molar-refractivity contribution in [1.29, 1.82) is 0 Å². The van der Waals surface area contributed by atoms with Crippen molar-refractivity contribution < 1.29 is 0 Å². The molecule has 0 radical (unpaired) electrons. The molecule has 0 spiro atoms. The van der Waals surface area contributed by atoms with Crippen LogP contribution in [-0.2, 0) is 6.42 Å². The monoisotopic (exact) mass is 289 g/mol. The summed E-state index contributed by atoms with van der Waals surface area (Å²) in [4.78, 5) is 2.67. The summed E-state index contributed by atoms with van der Waals surface area (Å²) in [5.41, 5.74) is 7.50.